The number of nitrogens with zero attached hydrogens (tertiary/aromatic N) is 5. The Balaban J connectivity index is 1.44. The SMILES string of the molecule is Cc1cc(C)n(-c2ncc(NC(=O)CN3C(=O)c4ccccc4C3=O)cn2)n1. The van der Waals surface area contributed by atoms with Gasteiger partial charge in [0.2, 0.25) is 5.91 Å². The van der Waals surface area contributed by atoms with E-state index in [4.69, 9.17) is 0 Å². The molecule has 9 nitrogen and oxygen atoms in total. The Kier molecular flexibility index (Phi) is 4.19. The van der Waals surface area contributed by atoms with Crippen LogP contribution in [0, 0.1) is 13.8 Å². The summed E-state index contributed by atoms with van der Waals surface area (Å²) >= 11 is 0. The Morgan fingerprint density at radius 3 is 2.18 bits per heavy atom. The number of fused-ring (bicyclic) bond motifs is 1. The lowest BCUT2D eigenvalue weighted by atomic mass is 10.1. The molecule has 1 aliphatic rings. The maximum Gasteiger partial charge on any atom is 0.262 e. The maximum absolute atomic E-state index is 12.3. The highest BCUT2D eigenvalue weighted by Crippen LogP contribution is 2.22. The van der Waals surface area contributed by atoms with E-state index in [-0.39, 0.29) is 6.54 Å². The first-order chi connectivity index (χ1) is 13.4. The summed E-state index contributed by atoms with van der Waals surface area (Å²) in [6.45, 7) is 3.38. The molecule has 0 saturated heterocycles. The summed E-state index contributed by atoms with van der Waals surface area (Å²) in [4.78, 5) is 46.3. The first kappa shape index (κ1) is 17.5. The third kappa shape index (κ3) is 3.02. The zero-order chi connectivity index (χ0) is 19.8. The molecule has 28 heavy (non-hydrogen) atoms. The van der Waals surface area contributed by atoms with Gasteiger partial charge in [0.15, 0.2) is 0 Å². The van der Waals surface area contributed by atoms with Gasteiger partial charge in [0.25, 0.3) is 17.8 Å². The summed E-state index contributed by atoms with van der Waals surface area (Å²) in [6, 6.07) is 8.39. The molecular weight excluding hydrogens is 360 g/mol. The van der Waals surface area contributed by atoms with Crippen molar-refractivity contribution in [2.24, 2.45) is 0 Å². The van der Waals surface area contributed by atoms with Crippen LogP contribution in [0.1, 0.15) is 32.1 Å². The molecule has 9 heteroatoms. The normalized spacial score (nSPS) is 13.0. The number of aromatic nitrogens is 4. The summed E-state index contributed by atoms with van der Waals surface area (Å²) in [5, 5.41) is 6.89. The summed E-state index contributed by atoms with van der Waals surface area (Å²) in [5.41, 5.74) is 2.70. The van der Waals surface area contributed by atoms with Crippen molar-refractivity contribution in [3.05, 3.63) is 65.2 Å². The zero-order valence-corrected chi connectivity index (χ0v) is 15.2. The minimum atomic E-state index is -0.517. The Morgan fingerprint density at radius 2 is 1.64 bits per heavy atom. The van der Waals surface area contributed by atoms with Crippen LogP contribution in [0.15, 0.2) is 42.7 Å². The fraction of sp³-hybridized carbons (Fsp3) is 0.158. The largest absolute Gasteiger partial charge is 0.322 e. The molecule has 0 aliphatic carbocycles. The molecule has 0 spiro atoms. The van der Waals surface area contributed by atoms with Crippen LogP contribution < -0.4 is 5.32 Å². The molecule has 0 atom stereocenters. The highest BCUT2D eigenvalue weighted by Gasteiger charge is 2.36. The van der Waals surface area contributed by atoms with Gasteiger partial charge in [-0.3, -0.25) is 19.3 Å². The van der Waals surface area contributed by atoms with E-state index in [0.29, 0.717) is 22.8 Å². The average molecular weight is 376 g/mol. The van der Waals surface area contributed by atoms with E-state index in [0.717, 1.165) is 16.3 Å². The van der Waals surface area contributed by atoms with E-state index >= 15 is 0 Å². The maximum atomic E-state index is 12.3. The van der Waals surface area contributed by atoms with Crippen molar-refractivity contribution in [2.45, 2.75) is 13.8 Å². The van der Waals surface area contributed by atoms with E-state index in [2.05, 4.69) is 20.4 Å². The van der Waals surface area contributed by atoms with Crippen molar-refractivity contribution in [1.82, 2.24) is 24.6 Å². The van der Waals surface area contributed by atoms with E-state index in [9.17, 15) is 14.4 Å². The van der Waals surface area contributed by atoms with E-state index in [1.807, 2.05) is 19.9 Å². The average Bonchev–Trinajstić information content (AvgIpc) is 3.14. The van der Waals surface area contributed by atoms with Gasteiger partial charge in [-0.2, -0.15) is 5.10 Å². The van der Waals surface area contributed by atoms with Gasteiger partial charge in [0.05, 0.1) is 34.9 Å². The smallest absolute Gasteiger partial charge is 0.262 e. The molecule has 1 N–H and O–H groups in total. The Hall–Kier alpha value is -3.88. The van der Waals surface area contributed by atoms with Gasteiger partial charge in [-0.15, -0.1) is 0 Å². The number of nitrogens with one attached hydrogen (secondary N) is 1. The number of aryl methyl sites for hydroxylation is 2. The number of hydrogen-bond acceptors (Lipinski definition) is 6. The van der Waals surface area contributed by atoms with Crippen LogP contribution in [-0.4, -0.2) is 48.9 Å². The van der Waals surface area contributed by atoms with E-state index in [1.165, 1.54) is 12.4 Å². The van der Waals surface area contributed by atoms with Gasteiger partial charge < -0.3 is 5.32 Å². The Bertz CT molecular complexity index is 1070. The second-order valence-corrected chi connectivity index (χ2v) is 6.40. The fourth-order valence-electron chi connectivity index (χ4n) is 3.05. The molecule has 3 aromatic rings. The molecule has 140 valence electrons. The molecule has 3 amide bonds. The zero-order valence-electron chi connectivity index (χ0n) is 15.2. The highest BCUT2D eigenvalue weighted by atomic mass is 16.2. The van der Waals surface area contributed by atoms with Gasteiger partial charge in [-0.25, -0.2) is 14.6 Å². The number of amides is 3. The molecule has 1 aromatic carbocycles. The van der Waals surface area contributed by atoms with Gasteiger partial charge >= 0.3 is 0 Å². The molecule has 0 radical (unpaired) electrons. The van der Waals surface area contributed by atoms with Gasteiger partial charge in [0, 0.05) is 5.69 Å². The topological polar surface area (TPSA) is 110 Å². The molecule has 0 unspecified atom stereocenters. The predicted octanol–water partition coefficient (Wildman–Crippen LogP) is 1.51. The summed E-state index contributed by atoms with van der Waals surface area (Å²) in [7, 11) is 0. The van der Waals surface area contributed by atoms with Crippen LogP contribution in [0.4, 0.5) is 5.69 Å². The lowest BCUT2D eigenvalue weighted by Crippen LogP contribution is -2.37. The standard InChI is InChI=1S/C19H16N6O3/c1-11-7-12(2)25(23-11)19-20-8-13(9-21-19)22-16(26)10-24-17(27)14-5-3-4-6-15(14)18(24)28/h3-9H,10H2,1-2H3,(H,22,26). The molecule has 4 rings (SSSR count). The lowest BCUT2D eigenvalue weighted by Gasteiger charge is -2.13. The molecule has 2 aromatic heterocycles. The van der Waals surface area contributed by atoms with E-state index in [1.54, 1.807) is 28.9 Å². The molecule has 0 fully saturated rings. The fourth-order valence-corrected chi connectivity index (χ4v) is 3.05. The predicted molar refractivity (Wildman–Crippen MR) is 99.1 cm³/mol. The first-order valence-electron chi connectivity index (χ1n) is 8.55. The number of anilines is 1. The lowest BCUT2D eigenvalue weighted by molar-refractivity contribution is -0.116. The van der Waals surface area contributed by atoms with Gasteiger partial charge in [-0.05, 0) is 32.0 Å². The van der Waals surface area contributed by atoms with Crippen molar-refractivity contribution in [3.63, 3.8) is 0 Å². The number of carbonyl (C=O) groups is 3. The van der Waals surface area contributed by atoms with Crippen LogP contribution in [-0.2, 0) is 4.79 Å². The minimum absolute atomic E-state index is 0.304. The van der Waals surface area contributed by atoms with Crippen LogP contribution in [0.3, 0.4) is 0 Å². The summed E-state index contributed by atoms with van der Waals surface area (Å²) in [5.74, 6) is -1.10. The highest BCUT2D eigenvalue weighted by molar-refractivity contribution is 6.22. The number of benzene rings is 1. The molecule has 0 saturated carbocycles. The Morgan fingerprint density at radius 1 is 1.04 bits per heavy atom. The Labute approximate surface area is 160 Å². The molecule has 3 heterocycles. The third-order valence-corrected chi connectivity index (χ3v) is 4.30. The molecular formula is C19H16N6O3. The second kappa shape index (κ2) is 6.69. The van der Waals surface area contributed by atoms with Crippen molar-refractivity contribution >= 4 is 23.4 Å². The van der Waals surface area contributed by atoms with Crippen molar-refractivity contribution in [2.75, 3.05) is 11.9 Å². The van der Waals surface area contributed by atoms with Crippen LogP contribution in [0.2, 0.25) is 0 Å². The summed E-state index contributed by atoms with van der Waals surface area (Å²) in [6.07, 6.45) is 2.89. The molecule has 0 bridgehead atoms. The monoisotopic (exact) mass is 376 g/mol. The quantitative estimate of drug-likeness (QED) is 0.691. The van der Waals surface area contributed by atoms with Crippen molar-refractivity contribution in [3.8, 4) is 5.95 Å². The minimum Gasteiger partial charge on any atom is -0.322 e. The van der Waals surface area contributed by atoms with Crippen LogP contribution in [0.5, 0.6) is 0 Å². The van der Waals surface area contributed by atoms with E-state index < -0.39 is 17.7 Å². The number of rotatable bonds is 4. The number of imide groups is 1. The van der Waals surface area contributed by atoms with Crippen LogP contribution >= 0.6 is 0 Å². The van der Waals surface area contributed by atoms with Crippen molar-refractivity contribution < 1.29 is 14.4 Å². The number of hydrogen-bond donors (Lipinski definition) is 1. The number of carbonyl (C=O) groups excluding carboxylic acids is 3. The van der Waals surface area contributed by atoms with Gasteiger partial charge in [0.1, 0.15) is 6.54 Å². The molecule has 1 aliphatic heterocycles. The first-order valence-corrected chi connectivity index (χ1v) is 8.55. The van der Waals surface area contributed by atoms with Crippen LogP contribution in [0.25, 0.3) is 5.95 Å². The summed E-state index contributed by atoms with van der Waals surface area (Å²) < 4.78 is 1.60. The van der Waals surface area contributed by atoms with Crippen molar-refractivity contribution in [1.29, 1.82) is 0 Å². The van der Waals surface area contributed by atoms with Gasteiger partial charge in [-0.1, -0.05) is 12.1 Å². The third-order valence-electron chi connectivity index (χ3n) is 4.30. The second-order valence-electron chi connectivity index (χ2n) is 6.40.